The molecule has 2 atom stereocenters. The summed E-state index contributed by atoms with van der Waals surface area (Å²) < 4.78 is 11.2. The number of aliphatic carboxylic acids is 1. The Morgan fingerprint density at radius 2 is 1.80 bits per heavy atom. The number of phenolic OH excluding ortho intramolecular Hbond substituents is 1. The van der Waals surface area contributed by atoms with Crippen LogP contribution in [-0.4, -0.2) is 41.7 Å². The van der Waals surface area contributed by atoms with E-state index in [1.54, 1.807) is 36.0 Å². The van der Waals surface area contributed by atoms with Crippen LogP contribution in [0.1, 0.15) is 24.5 Å². The predicted octanol–water partition coefficient (Wildman–Crippen LogP) is 4.84. The Morgan fingerprint density at radius 3 is 2.37 bits per heavy atom. The van der Waals surface area contributed by atoms with E-state index in [9.17, 15) is 14.7 Å². The number of hydrogen-bond acceptors (Lipinski definition) is 6. The lowest BCUT2D eigenvalue weighted by Crippen LogP contribution is -2.28. The third-order valence-electron chi connectivity index (χ3n) is 4.31. The van der Waals surface area contributed by atoms with Crippen LogP contribution in [0, 0.1) is 0 Å². The smallest absolute Gasteiger partial charge is 0.412 e. The maximum atomic E-state index is 12.5. The molecule has 7 nitrogen and oxygen atoms in total. The molecular weight excluding hydrogens is 406 g/mol. The molecule has 160 valence electrons. The van der Waals surface area contributed by atoms with Crippen LogP contribution in [0.3, 0.4) is 0 Å². The van der Waals surface area contributed by atoms with Crippen LogP contribution in [0.2, 0.25) is 0 Å². The lowest BCUT2D eigenvalue weighted by molar-refractivity contribution is -0.131. The molecule has 2 rings (SSSR count). The molecule has 0 aliphatic carbocycles. The zero-order valence-corrected chi connectivity index (χ0v) is 17.6. The number of amides is 1. The molecule has 0 spiro atoms. The normalized spacial score (nSPS) is 13.0. The minimum absolute atomic E-state index is 0.0918. The van der Waals surface area contributed by atoms with Crippen LogP contribution in [0.25, 0.3) is 0 Å². The molecule has 0 aliphatic heterocycles. The largest absolute Gasteiger partial charge is 0.508 e. The average Bonchev–Trinajstić information content (AvgIpc) is 2.73. The van der Waals surface area contributed by atoms with Gasteiger partial charge in [-0.1, -0.05) is 18.2 Å². The van der Waals surface area contributed by atoms with Gasteiger partial charge in [0.1, 0.15) is 5.75 Å². The van der Waals surface area contributed by atoms with Gasteiger partial charge >= 0.3 is 12.1 Å². The molecule has 0 heterocycles. The summed E-state index contributed by atoms with van der Waals surface area (Å²) in [7, 11) is 1.50. The first kappa shape index (κ1) is 23.3. The van der Waals surface area contributed by atoms with E-state index in [0.717, 1.165) is 11.0 Å². The highest BCUT2D eigenvalue weighted by atomic mass is 32.2. The van der Waals surface area contributed by atoms with E-state index in [1.165, 1.54) is 25.3 Å². The molecule has 0 bridgehead atoms. The molecule has 8 heteroatoms. The van der Waals surface area contributed by atoms with Crippen molar-refractivity contribution in [1.29, 1.82) is 0 Å². The van der Waals surface area contributed by atoms with Crippen molar-refractivity contribution in [2.75, 3.05) is 18.7 Å². The molecule has 0 aliphatic rings. The number of nitrogens with one attached hydrogen (secondary N) is 1. The van der Waals surface area contributed by atoms with Gasteiger partial charge in [-0.05, 0) is 61.1 Å². The Kier molecular flexibility index (Phi) is 9.24. The van der Waals surface area contributed by atoms with Gasteiger partial charge in [-0.15, -0.1) is 11.8 Å². The number of carbonyl (C=O) groups excluding carboxylic acids is 1. The molecule has 1 amide bonds. The van der Waals surface area contributed by atoms with E-state index in [0.29, 0.717) is 24.1 Å². The zero-order valence-electron chi connectivity index (χ0n) is 16.8. The molecule has 0 radical (unpaired) electrons. The third kappa shape index (κ3) is 7.46. The highest BCUT2D eigenvalue weighted by Crippen LogP contribution is 2.28. The Balaban J connectivity index is 2.13. The Morgan fingerprint density at radius 1 is 1.13 bits per heavy atom. The molecule has 0 saturated heterocycles. The van der Waals surface area contributed by atoms with Crippen molar-refractivity contribution < 1.29 is 29.3 Å². The highest BCUT2D eigenvalue weighted by Gasteiger charge is 2.27. The second-order valence-corrected chi connectivity index (χ2v) is 7.24. The van der Waals surface area contributed by atoms with Crippen LogP contribution in [-0.2, 0) is 14.3 Å². The van der Waals surface area contributed by atoms with Crippen LogP contribution in [0.4, 0.5) is 10.5 Å². The van der Waals surface area contributed by atoms with E-state index in [1.807, 2.05) is 18.4 Å². The number of thioether (sulfide) groups is 1. The first-order chi connectivity index (χ1) is 14.4. The van der Waals surface area contributed by atoms with Gasteiger partial charge in [0.15, 0.2) is 6.10 Å². The van der Waals surface area contributed by atoms with Gasteiger partial charge in [0.2, 0.25) is 0 Å². The second-order valence-electron chi connectivity index (χ2n) is 6.36. The SMILES string of the molecule is CO[C@@H](CC/C=C/C(=O)O)[C@@H](OC(=O)Nc1ccc(SC)cc1)c1ccc(O)cc1. The lowest BCUT2D eigenvalue weighted by atomic mass is 10.00. The van der Waals surface area contributed by atoms with Gasteiger partial charge < -0.3 is 19.7 Å². The predicted molar refractivity (Wildman–Crippen MR) is 116 cm³/mol. The summed E-state index contributed by atoms with van der Waals surface area (Å²) in [5.74, 6) is -0.934. The molecule has 0 saturated carbocycles. The van der Waals surface area contributed by atoms with Crippen molar-refractivity contribution in [2.24, 2.45) is 0 Å². The van der Waals surface area contributed by atoms with E-state index < -0.39 is 24.3 Å². The number of allylic oxidation sites excluding steroid dienone is 1. The number of aromatic hydroxyl groups is 1. The number of carbonyl (C=O) groups is 2. The van der Waals surface area contributed by atoms with Crippen LogP contribution in [0.15, 0.2) is 65.6 Å². The number of anilines is 1. The zero-order chi connectivity index (χ0) is 21.9. The topological polar surface area (TPSA) is 105 Å². The number of carboxylic acids is 1. The third-order valence-corrected chi connectivity index (χ3v) is 5.05. The maximum absolute atomic E-state index is 12.5. The first-order valence-electron chi connectivity index (χ1n) is 9.25. The van der Waals surface area contributed by atoms with Gasteiger partial charge in [-0.3, -0.25) is 5.32 Å². The van der Waals surface area contributed by atoms with Crippen molar-refractivity contribution in [2.45, 2.75) is 29.9 Å². The molecule has 0 aromatic heterocycles. The maximum Gasteiger partial charge on any atom is 0.412 e. The van der Waals surface area contributed by atoms with Gasteiger partial charge in [0, 0.05) is 23.8 Å². The number of rotatable bonds is 10. The van der Waals surface area contributed by atoms with Gasteiger partial charge in [-0.2, -0.15) is 0 Å². The number of methoxy groups -OCH3 is 1. The van der Waals surface area contributed by atoms with Crippen molar-refractivity contribution in [3.63, 3.8) is 0 Å². The van der Waals surface area contributed by atoms with E-state index in [-0.39, 0.29) is 5.75 Å². The summed E-state index contributed by atoms with van der Waals surface area (Å²) in [6, 6.07) is 13.7. The van der Waals surface area contributed by atoms with E-state index in [4.69, 9.17) is 14.6 Å². The fourth-order valence-corrected chi connectivity index (χ4v) is 3.21. The van der Waals surface area contributed by atoms with Gasteiger partial charge in [-0.25, -0.2) is 9.59 Å². The Bertz CT molecular complexity index is 851. The lowest BCUT2D eigenvalue weighted by Gasteiger charge is -2.26. The van der Waals surface area contributed by atoms with Gasteiger partial charge in [0.05, 0.1) is 6.10 Å². The number of ether oxygens (including phenoxy) is 2. The average molecular weight is 432 g/mol. The summed E-state index contributed by atoms with van der Waals surface area (Å²) in [4.78, 5) is 24.2. The number of carboxylic acid groups (broad SMARTS) is 1. The quantitative estimate of drug-likeness (QED) is 0.365. The molecule has 3 N–H and O–H groups in total. The number of phenols is 1. The molecule has 2 aromatic rings. The first-order valence-corrected chi connectivity index (χ1v) is 10.5. The van der Waals surface area contributed by atoms with Crippen molar-refractivity contribution >= 4 is 29.5 Å². The minimum atomic E-state index is -1.03. The minimum Gasteiger partial charge on any atom is -0.508 e. The summed E-state index contributed by atoms with van der Waals surface area (Å²) in [5.41, 5.74) is 1.25. The molecule has 0 unspecified atom stereocenters. The molecular formula is C22H25NO6S. The van der Waals surface area contributed by atoms with Crippen LogP contribution in [0.5, 0.6) is 5.75 Å². The Hall–Kier alpha value is -2.97. The highest BCUT2D eigenvalue weighted by molar-refractivity contribution is 7.98. The van der Waals surface area contributed by atoms with E-state index in [2.05, 4.69) is 5.32 Å². The Labute approximate surface area is 179 Å². The van der Waals surface area contributed by atoms with Gasteiger partial charge in [0.25, 0.3) is 0 Å². The number of benzene rings is 2. The van der Waals surface area contributed by atoms with Crippen molar-refractivity contribution in [1.82, 2.24) is 0 Å². The second kappa shape index (κ2) is 11.9. The van der Waals surface area contributed by atoms with Crippen molar-refractivity contribution in [3.8, 4) is 5.75 Å². The fourth-order valence-electron chi connectivity index (χ4n) is 2.80. The van der Waals surface area contributed by atoms with E-state index >= 15 is 0 Å². The standard InChI is InChI=1S/C22H25NO6S/c1-28-19(5-3-4-6-20(25)26)21(15-7-11-17(24)12-8-15)29-22(27)23-16-9-13-18(30-2)14-10-16/h4,6-14,19,21,24H,3,5H2,1-2H3,(H,23,27)(H,25,26)/b6-4+/t19-,21-/m0/s1. The molecule has 2 aromatic carbocycles. The number of hydrogen-bond donors (Lipinski definition) is 3. The van der Waals surface area contributed by atoms with Crippen molar-refractivity contribution in [3.05, 3.63) is 66.2 Å². The summed E-state index contributed by atoms with van der Waals surface area (Å²) in [5, 5.41) is 21.0. The van der Waals surface area contributed by atoms with Crippen LogP contribution >= 0.6 is 11.8 Å². The molecule has 0 fully saturated rings. The summed E-state index contributed by atoms with van der Waals surface area (Å²) in [6.45, 7) is 0. The summed E-state index contributed by atoms with van der Waals surface area (Å²) in [6.07, 6.45) is 3.51. The monoisotopic (exact) mass is 431 g/mol. The summed E-state index contributed by atoms with van der Waals surface area (Å²) >= 11 is 1.60. The molecule has 30 heavy (non-hydrogen) atoms. The van der Waals surface area contributed by atoms with Crippen LogP contribution < -0.4 is 5.32 Å². The fraction of sp³-hybridized carbons (Fsp3) is 0.273.